The van der Waals surface area contributed by atoms with E-state index >= 15 is 0 Å². The summed E-state index contributed by atoms with van der Waals surface area (Å²) in [5.74, 6) is -0.0395. The maximum Gasteiger partial charge on any atom is 0.337 e. The van der Waals surface area contributed by atoms with Gasteiger partial charge in [-0.05, 0) is 61.4 Å². The van der Waals surface area contributed by atoms with Crippen molar-refractivity contribution in [3.8, 4) is 0 Å². The Labute approximate surface area is 163 Å². The Morgan fingerprint density at radius 1 is 0.893 bits per heavy atom. The third kappa shape index (κ3) is 4.35. The number of carbonyl (C=O) groups is 2. The minimum Gasteiger partial charge on any atom is -0.465 e. The SMILES string of the molecule is COC(=O)c1ccc(NC(=O)c2ccc(Nc3c(C)cccc3C)nc2)cc1. The van der Waals surface area contributed by atoms with Gasteiger partial charge >= 0.3 is 5.97 Å². The van der Waals surface area contributed by atoms with Crippen LogP contribution in [0.5, 0.6) is 0 Å². The molecule has 6 heteroatoms. The van der Waals surface area contributed by atoms with Crippen molar-refractivity contribution in [3.63, 3.8) is 0 Å². The fourth-order valence-corrected chi connectivity index (χ4v) is 2.75. The second kappa shape index (κ2) is 8.35. The van der Waals surface area contributed by atoms with E-state index in [-0.39, 0.29) is 5.91 Å². The molecule has 0 fully saturated rings. The molecule has 3 rings (SSSR count). The largest absolute Gasteiger partial charge is 0.465 e. The highest BCUT2D eigenvalue weighted by molar-refractivity contribution is 6.04. The van der Waals surface area contributed by atoms with Crippen LogP contribution in [0.4, 0.5) is 17.2 Å². The lowest BCUT2D eigenvalue weighted by molar-refractivity contribution is 0.0600. The maximum atomic E-state index is 12.4. The van der Waals surface area contributed by atoms with Crippen molar-refractivity contribution in [2.75, 3.05) is 17.7 Å². The zero-order valence-electron chi connectivity index (χ0n) is 15.9. The first-order valence-electron chi connectivity index (χ1n) is 8.77. The zero-order valence-corrected chi connectivity index (χ0v) is 15.9. The minimum absolute atomic E-state index is 0.281. The summed E-state index contributed by atoms with van der Waals surface area (Å²) in [6.45, 7) is 4.06. The number of ether oxygens (including phenoxy) is 1. The lowest BCUT2D eigenvalue weighted by Gasteiger charge is -2.12. The van der Waals surface area contributed by atoms with Gasteiger partial charge in [-0.1, -0.05) is 18.2 Å². The summed E-state index contributed by atoms with van der Waals surface area (Å²) in [6, 6.07) is 16.0. The zero-order chi connectivity index (χ0) is 20.1. The molecule has 3 aromatic rings. The normalized spacial score (nSPS) is 10.2. The Kier molecular flexibility index (Phi) is 5.69. The average Bonchev–Trinajstić information content (AvgIpc) is 2.71. The van der Waals surface area contributed by atoms with Crippen molar-refractivity contribution in [1.29, 1.82) is 0 Å². The molecule has 0 unspecified atom stereocenters. The molecule has 0 bridgehead atoms. The van der Waals surface area contributed by atoms with E-state index in [0.29, 0.717) is 22.6 Å². The molecule has 2 aromatic carbocycles. The summed E-state index contributed by atoms with van der Waals surface area (Å²) in [4.78, 5) is 28.2. The van der Waals surface area contributed by atoms with Gasteiger partial charge in [0.15, 0.2) is 0 Å². The van der Waals surface area contributed by atoms with E-state index in [1.54, 1.807) is 36.4 Å². The highest BCUT2D eigenvalue weighted by atomic mass is 16.5. The van der Waals surface area contributed by atoms with Crippen LogP contribution < -0.4 is 10.6 Å². The van der Waals surface area contributed by atoms with Gasteiger partial charge in [0.25, 0.3) is 5.91 Å². The second-order valence-electron chi connectivity index (χ2n) is 6.35. The number of anilines is 3. The van der Waals surface area contributed by atoms with Gasteiger partial charge < -0.3 is 15.4 Å². The molecule has 0 radical (unpaired) electrons. The van der Waals surface area contributed by atoms with E-state index in [1.165, 1.54) is 13.3 Å². The quantitative estimate of drug-likeness (QED) is 0.643. The molecule has 0 aliphatic carbocycles. The number of hydrogen-bond donors (Lipinski definition) is 2. The predicted molar refractivity (Wildman–Crippen MR) is 109 cm³/mol. The van der Waals surface area contributed by atoms with Crippen LogP contribution in [-0.4, -0.2) is 24.0 Å². The number of esters is 1. The number of aromatic nitrogens is 1. The number of amides is 1. The minimum atomic E-state index is -0.422. The number of carbonyl (C=O) groups excluding carboxylic acids is 2. The van der Waals surface area contributed by atoms with Gasteiger partial charge in [-0.2, -0.15) is 0 Å². The summed E-state index contributed by atoms with van der Waals surface area (Å²) in [5, 5.41) is 6.07. The Morgan fingerprint density at radius 2 is 1.54 bits per heavy atom. The van der Waals surface area contributed by atoms with E-state index in [1.807, 2.05) is 32.0 Å². The molecule has 142 valence electrons. The lowest BCUT2D eigenvalue weighted by Crippen LogP contribution is -2.12. The lowest BCUT2D eigenvalue weighted by atomic mass is 10.1. The molecule has 2 N–H and O–H groups in total. The first-order chi connectivity index (χ1) is 13.5. The summed E-state index contributed by atoms with van der Waals surface area (Å²) in [6.07, 6.45) is 1.52. The average molecular weight is 375 g/mol. The number of rotatable bonds is 5. The number of para-hydroxylation sites is 1. The molecule has 28 heavy (non-hydrogen) atoms. The first-order valence-corrected chi connectivity index (χ1v) is 8.77. The van der Waals surface area contributed by atoms with E-state index in [0.717, 1.165) is 16.8 Å². The molecular weight excluding hydrogens is 354 g/mol. The number of pyridine rings is 1. The van der Waals surface area contributed by atoms with E-state index < -0.39 is 5.97 Å². The molecule has 1 amide bonds. The first kappa shape index (κ1) is 19.1. The Hall–Kier alpha value is -3.67. The molecule has 0 aliphatic rings. The van der Waals surface area contributed by atoms with Crippen molar-refractivity contribution in [2.24, 2.45) is 0 Å². The Bertz CT molecular complexity index is 976. The van der Waals surface area contributed by atoms with Gasteiger partial charge in [-0.15, -0.1) is 0 Å². The molecule has 0 atom stereocenters. The summed E-state index contributed by atoms with van der Waals surface area (Å²) in [5.41, 5.74) is 4.69. The van der Waals surface area contributed by atoms with Gasteiger partial charge in [0.05, 0.1) is 18.2 Å². The van der Waals surface area contributed by atoms with Gasteiger partial charge in [-0.3, -0.25) is 4.79 Å². The van der Waals surface area contributed by atoms with Gasteiger partial charge in [0, 0.05) is 17.6 Å². The number of methoxy groups -OCH3 is 1. The Morgan fingerprint density at radius 3 is 2.11 bits per heavy atom. The molecule has 0 saturated carbocycles. The van der Waals surface area contributed by atoms with Gasteiger partial charge in [0.1, 0.15) is 5.82 Å². The molecule has 0 aliphatic heterocycles. The summed E-state index contributed by atoms with van der Waals surface area (Å²) in [7, 11) is 1.32. The van der Waals surface area contributed by atoms with Crippen LogP contribution in [-0.2, 0) is 4.74 Å². The van der Waals surface area contributed by atoms with Crippen molar-refractivity contribution >= 4 is 29.1 Å². The third-order valence-corrected chi connectivity index (χ3v) is 4.32. The van der Waals surface area contributed by atoms with E-state index in [4.69, 9.17) is 0 Å². The molecule has 0 saturated heterocycles. The highest BCUT2D eigenvalue weighted by Crippen LogP contribution is 2.23. The standard InChI is InChI=1S/C22H21N3O3/c1-14-5-4-6-15(2)20(14)25-19-12-9-17(13-23-19)21(26)24-18-10-7-16(8-11-18)22(27)28-3/h4-13H,1-3H3,(H,23,25)(H,24,26). The topological polar surface area (TPSA) is 80.3 Å². The maximum absolute atomic E-state index is 12.4. The van der Waals surface area contributed by atoms with Crippen LogP contribution >= 0.6 is 0 Å². The van der Waals surface area contributed by atoms with Crippen molar-refractivity contribution in [1.82, 2.24) is 4.98 Å². The fourth-order valence-electron chi connectivity index (χ4n) is 2.75. The van der Waals surface area contributed by atoms with Crippen LogP contribution in [0, 0.1) is 13.8 Å². The number of hydrogen-bond acceptors (Lipinski definition) is 5. The Balaban J connectivity index is 1.67. The van der Waals surface area contributed by atoms with Crippen molar-refractivity contribution < 1.29 is 14.3 Å². The molecule has 6 nitrogen and oxygen atoms in total. The van der Waals surface area contributed by atoms with Crippen LogP contribution in [0.3, 0.4) is 0 Å². The van der Waals surface area contributed by atoms with E-state index in [9.17, 15) is 9.59 Å². The fraction of sp³-hybridized carbons (Fsp3) is 0.136. The van der Waals surface area contributed by atoms with Crippen LogP contribution in [0.15, 0.2) is 60.8 Å². The number of benzene rings is 2. The van der Waals surface area contributed by atoms with Crippen molar-refractivity contribution in [2.45, 2.75) is 13.8 Å². The molecule has 1 aromatic heterocycles. The highest BCUT2D eigenvalue weighted by Gasteiger charge is 2.10. The number of nitrogens with zero attached hydrogens (tertiary/aromatic N) is 1. The van der Waals surface area contributed by atoms with Gasteiger partial charge in [0.2, 0.25) is 0 Å². The van der Waals surface area contributed by atoms with Crippen LogP contribution in [0.2, 0.25) is 0 Å². The van der Waals surface area contributed by atoms with Crippen LogP contribution in [0.1, 0.15) is 31.8 Å². The summed E-state index contributed by atoms with van der Waals surface area (Å²) >= 11 is 0. The summed E-state index contributed by atoms with van der Waals surface area (Å²) < 4.78 is 4.65. The molecule has 0 spiro atoms. The van der Waals surface area contributed by atoms with Crippen molar-refractivity contribution in [3.05, 3.63) is 83.0 Å². The molecular formula is C22H21N3O3. The van der Waals surface area contributed by atoms with Crippen LogP contribution in [0.25, 0.3) is 0 Å². The molecule has 1 heterocycles. The van der Waals surface area contributed by atoms with Gasteiger partial charge in [-0.25, -0.2) is 9.78 Å². The second-order valence-corrected chi connectivity index (χ2v) is 6.35. The van der Waals surface area contributed by atoms with E-state index in [2.05, 4.69) is 20.4 Å². The monoisotopic (exact) mass is 375 g/mol. The number of aryl methyl sites for hydroxylation is 2. The third-order valence-electron chi connectivity index (χ3n) is 4.32. The number of nitrogens with one attached hydrogen (secondary N) is 2. The predicted octanol–water partition coefficient (Wildman–Crippen LogP) is 4.48. The smallest absolute Gasteiger partial charge is 0.337 e.